The van der Waals surface area contributed by atoms with E-state index in [0.29, 0.717) is 12.6 Å². The third-order valence-corrected chi connectivity index (χ3v) is 4.85. The lowest BCUT2D eigenvalue weighted by Gasteiger charge is -2.32. The predicted octanol–water partition coefficient (Wildman–Crippen LogP) is 3.34. The van der Waals surface area contributed by atoms with Crippen LogP contribution in [-0.4, -0.2) is 38.5 Å². The number of tetrazole rings is 1. The SMILES string of the molecule is CCOC(=O)C1C(C(C)C)=Nc2nnnn2C1c1ccc2ccccc2c1. The molecule has 138 valence electrons. The van der Waals surface area contributed by atoms with Crippen molar-refractivity contribution in [2.45, 2.75) is 26.8 Å². The zero-order valence-electron chi connectivity index (χ0n) is 15.5. The number of hydrogen-bond acceptors (Lipinski definition) is 6. The number of hydrogen-bond donors (Lipinski definition) is 0. The fraction of sp³-hybridized carbons (Fsp3) is 0.350. The van der Waals surface area contributed by atoms with Gasteiger partial charge in [-0.1, -0.05) is 55.3 Å². The molecule has 2 heterocycles. The first kappa shape index (κ1) is 17.3. The summed E-state index contributed by atoms with van der Waals surface area (Å²) in [7, 11) is 0. The molecule has 0 saturated heterocycles. The molecule has 2 unspecified atom stereocenters. The molecule has 0 saturated carbocycles. The van der Waals surface area contributed by atoms with Crippen LogP contribution < -0.4 is 0 Å². The standard InChI is InChI=1S/C20H21N5O2/c1-4-27-19(26)16-17(12(2)3)21-20-22-23-24-25(20)18(16)15-10-9-13-7-5-6-8-14(13)11-15/h5-12,16,18H,4H2,1-3H3. The second kappa shape index (κ2) is 6.90. The van der Waals surface area contributed by atoms with Crippen LogP contribution >= 0.6 is 0 Å². The fourth-order valence-electron chi connectivity index (χ4n) is 3.63. The number of rotatable bonds is 4. The second-order valence-electron chi connectivity index (χ2n) is 6.90. The van der Waals surface area contributed by atoms with Crippen molar-refractivity contribution in [3.63, 3.8) is 0 Å². The van der Waals surface area contributed by atoms with Gasteiger partial charge in [0.05, 0.1) is 6.61 Å². The van der Waals surface area contributed by atoms with E-state index in [9.17, 15) is 4.79 Å². The number of aromatic nitrogens is 4. The number of carbonyl (C=O) groups is 1. The summed E-state index contributed by atoms with van der Waals surface area (Å²) in [5, 5.41) is 14.2. The Balaban J connectivity index is 1.90. The van der Waals surface area contributed by atoms with E-state index in [2.05, 4.69) is 44.8 Å². The highest BCUT2D eigenvalue weighted by atomic mass is 16.5. The number of ether oxygens (including phenoxy) is 1. The van der Waals surface area contributed by atoms with Gasteiger partial charge in [0.25, 0.3) is 5.95 Å². The molecule has 0 fully saturated rings. The first-order valence-corrected chi connectivity index (χ1v) is 9.11. The van der Waals surface area contributed by atoms with Crippen LogP contribution in [0, 0.1) is 11.8 Å². The van der Waals surface area contributed by atoms with Gasteiger partial charge in [-0.3, -0.25) is 4.79 Å². The van der Waals surface area contributed by atoms with Gasteiger partial charge in [-0.25, -0.2) is 9.67 Å². The van der Waals surface area contributed by atoms with Gasteiger partial charge in [0.15, 0.2) is 0 Å². The molecule has 0 bridgehead atoms. The summed E-state index contributed by atoms with van der Waals surface area (Å²) < 4.78 is 7.01. The molecule has 27 heavy (non-hydrogen) atoms. The molecule has 1 aliphatic heterocycles. The lowest BCUT2D eigenvalue weighted by Crippen LogP contribution is -2.40. The number of esters is 1. The Bertz CT molecular complexity index is 1020. The highest BCUT2D eigenvalue weighted by molar-refractivity contribution is 6.05. The number of fused-ring (bicyclic) bond motifs is 2. The van der Waals surface area contributed by atoms with E-state index in [1.54, 1.807) is 11.6 Å². The quantitative estimate of drug-likeness (QED) is 0.664. The van der Waals surface area contributed by atoms with E-state index in [4.69, 9.17) is 4.74 Å². The Kier molecular flexibility index (Phi) is 4.43. The lowest BCUT2D eigenvalue weighted by molar-refractivity contribution is -0.146. The van der Waals surface area contributed by atoms with Crippen LogP contribution in [0.3, 0.4) is 0 Å². The van der Waals surface area contributed by atoms with Crippen molar-refractivity contribution in [1.29, 1.82) is 0 Å². The molecule has 2 aromatic carbocycles. The minimum Gasteiger partial charge on any atom is -0.465 e. The first-order chi connectivity index (χ1) is 13.1. The maximum atomic E-state index is 12.9. The van der Waals surface area contributed by atoms with E-state index >= 15 is 0 Å². The van der Waals surface area contributed by atoms with Crippen molar-refractivity contribution in [2.24, 2.45) is 16.8 Å². The minimum atomic E-state index is -0.567. The summed E-state index contributed by atoms with van der Waals surface area (Å²) in [6.45, 7) is 6.15. The second-order valence-corrected chi connectivity index (χ2v) is 6.90. The molecule has 0 aliphatic carbocycles. The van der Waals surface area contributed by atoms with Crippen molar-refractivity contribution in [3.05, 3.63) is 48.0 Å². The highest BCUT2D eigenvalue weighted by Gasteiger charge is 2.42. The van der Waals surface area contributed by atoms with Crippen LogP contribution in [0.15, 0.2) is 47.5 Å². The minimum absolute atomic E-state index is 0.0628. The molecule has 7 nitrogen and oxygen atoms in total. The number of aliphatic imine (C=N–C) groups is 1. The predicted molar refractivity (Wildman–Crippen MR) is 102 cm³/mol. The Labute approximate surface area is 157 Å². The molecule has 1 aromatic heterocycles. The van der Waals surface area contributed by atoms with Crippen molar-refractivity contribution >= 4 is 28.4 Å². The van der Waals surface area contributed by atoms with Gasteiger partial charge in [0.1, 0.15) is 12.0 Å². The summed E-state index contributed by atoms with van der Waals surface area (Å²) in [5.41, 5.74) is 1.70. The van der Waals surface area contributed by atoms with E-state index in [-0.39, 0.29) is 11.9 Å². The smallest absolute Gasteiger partial charge is 0.317 e. The van der Waals surface area contributed by atoms with Gasteiger partial charge in [0, 0.05) is 5.71 Å². The van der Waals surface area contributed by atoms with Crippen LogP contribution in [0.25, 0.3) is 10.8 Å². The highest BCUT2D eigenvalue weighted by Crippen LogP contribution is 2.38. The van der Waals surface area contributed by atoms with Crippen LogP contribution in [-0.2, 0) is 9.53 Å². The number of carbonyl (C=O) groups excluding carboxylic acids is 1. The molecule has 3 aromatic rings. The van der Waals surface area contributed by atoms with Gasteiger partial charge in [-0.05, 0) is 45.7 Å². The van der Waals surface area contributed by atoms with Crippen molar-refractivity contribution in [1.82, 2.24) is 20.2 Å². The molecule has 2 atom stereocenters. The Morgan fingerprint density at radius 3 is 2.70 bits per heavy atom. The Morgan fingerprint density at radius 2 is 1.96 bits per heavy atom. The van der Waals surface area contributed by atoms with Gasteiger partial charge >= 0.3 is 5.97 Å². The number of benzene rings is 2. The van der Waals surface area contributed by atoms with Crippen molar-refractivity contribution in [3.8, 4) is 0 Å². The van der Waals surface area contributed by atoms with Crippen LogP contribution in [0.5, 0.6) is 0 Å². The van der Waals surface area contributed by atoms with Gasteiger partial charge in [-0.15, -0.1) is 0 Å². The molecule has 0 spiro atoms. The maximum Gasteiger partial charge on any atom is 0.317 e. The summed E-state index contributed by atoms with van der Waals surface area (Å²) in [4.78, 5) is 17.5. The first-order valence-electron chi connectivity index (χ1n) is 9.11. The molecule has 7 heteroatoms. The molecule has 1 aliphatic rings. The van der Waals surface area contributed by atoms with Crippen LogP contribution in [0.1, 0.15) is 32.4 Å². The fourth-order valence-corrected chi connectivity index (χ4v) is 3.63. The number of nitrogens with zero attached hydrogens (tertiary/aromatic N) is 5. The topological polar surface area (TPSA) is 82.3 Å². The average molecular weight is 363 g/mol. The van der Waals surface area contributed by atoms with Crippen LogP contribution in [0.2, 0.25) is 0 Å². The summed E-state index contributed by atoms with van der Waals surface area (Å²) in [5.74, 6) is -0.392. The van der Waals surface area contributed by atoms with E-state index in [0.717, 1.165) is 22.0 Å². The van der Waals surface area contributed by atoms with E-state index in [1.165, 1.54) is 0 Å². The zero-order chi connectivity index (χ0) is 19.0. The third kappa shape index (κ3) is 2.99. The van der Waals surface area contributed by atoms with Gasteiger partial charge in [-0.2, -0.15) is 0 Å². The monoisotopic (exact) mass is 363 g/mol. The maximum absolute atomic E-state index is 12.9. The van der Waals surface area contributed by atoms with Gasteiger partial charge < -0.3 is 4.74 Å². The Morgan fingerprint density at radius 1 is 1.19 bits per heavy atom. The van der Waals surface area contributed by atoms with Crippen LogP contribution in [0.4, 0.5) is 5.95 Å². The molecule has 4 rings (SSSR count). The van der Waals surface area contributed by atoms with Crippen molar-refractivity contribution < 1.29 is 9.53 Å². The van der Waals surface area contributed by atoms with Crippen molar-refractivity contribution in [2.75, 3.05) is 6.61 Å². The van der Waals surface area contributed by atoms with E-state index < -0.39 is 12.0 Å². The summed E-state index contributed by atoms with van der Waals surface area (Å²) in [6.07, 6.45) is 0. The van der Waals surface area contributed by atoms with Gasteiger partial charge in [0.2, 0.25) is 0 Å². The molecule has 0 radical (unpaired) electrons. The molecule has 0 N–H and O–H groups in total. The van der Waals surface area contributed by atoms with E-state index in [1.807, 2.05) is 32.0 Å². The molecular weight excluding hydrogens is 342 g/mol. The average Bonchev–Trinajstić information content (AvgIpc) is 3.14. The zero-order valence-corrected chi connectivity index (χ0v) is 15.5. The summed E-state index contributed by atoms with van der Waals surface area (Å²) in [6, 6.07) is 13.9. The lowest BCUT2D eigenvalue weighted by atomic mass is 9.83. The largest absolute Gasteiger partial charge is 0.465 e. The third-order valence-electron chi connectivity index (χ3n) is 4.85. The normalized spacial score (nSPS) is 19.0. The summed E-state index contributed by atoms with van der Waals surface area (Å²) >= 11 is 0. The molecular formula is C20H21N5O2. The Hall–Kier alpha value is -3.09. The molecule has 0 amide bonds.